The van der Waals surface area contributed by atoms with Gasteiger partial charge in [0.1, 0.15) is 6.61 Å². The van der Waals surface area contributed by atoms with Crippen LogP contribution < -0.4 is 74.6 Å². The van der Waals surface area contributed by atoms with Crippen LogP contribution in [-0.2, 0) is 19.1 Å². The maximum absolute atomic E-state index is 11.2. The fourth-order valence-electron chi connectivity index (χ4n) is 1.48. The number of nitrogens with zero attached hydrogens (tertiary/aromatic N) is 1. The van der Waals surface area contributed by atoms with Crippen LogP contribution in [0.3, 0.4) is 0 Å². The van der Waals surface area contributed by atoms with Gasteiger partial charge in [0.15, 0.2) is 0 Å². The van der Waals surface area contributed by atoms with Crippen molar-refractivity contribution in [2.45, 2.75) is 13.0 Å². The zero-order valence-corrected chi connectivity index (χ0v) is 18.4. The third-order valence-corrected chi connectivity index (χ3v) is 2.55. The summed E-state index contributed by atoms with van der Waals surface area (Å²) in [6, 6.07) is -0.559. The zero-order valence-electron chi connectivity index (χ0n) is 14.4. The molecule has 0 bridgehead atoms. The van der Waals surface area contributed by atoms with Crippen LogP contribution in [0.4, 0.5) is 0 Å². The Morgan fingerprint density at radius 2 is 1.71 bits per heavy atom. The summed E-state index contributed by atoms with van der Waals surface area (Å²) in [5.41, 5.74) is 0.228. The molecule has 0 saturated carbocycles. The molecule has 0 heterocycles. The first-order valence-electron chi connectivity index (χ1n) is 6.55. The molecule has 0 aliphatic heterocycles. The number of aliphatic hydroxyl groups excluding tert-OH is 1. The summed E-state index contributed by atoms with van der Waals surface area (Å²) in [5.74, 6) is -3.40. The fourth-order valence-corrected chi connectivity index (χ4v) is 1.48. The molecular weight excluding hydrogens is 342 g/mol. The second-order valence-corrected chi connectivity index (χ2v) is 4.67. The monoisotopic (exact) mass is 362 g/mol. The van der Waals surface area contributed by atoms with E-state index in [1.165, 1.54) is 6.92 Å². The number of aliphatic hydroxyl groups is 1. The standard InChI is InChI=1S/C13H22N2O7.2Na/c1-9(2)13(21)22-8-10(7-16)14-3-4-15(5-11(17)18)6-12(19)20;;/h10,14,16H,1,3-8H2,2H3,(H,17,18)(H,19,20);;/q;2*+1/p-2. The van der Waals surface area contributed by atoms with Gasteiger partial charge in [-0.3, -0.25) is 4.90 Å². The van der Waals surface area contributed by atoms with Gasteiger partial charge in [-0.15, -0.1) is 0 Å². The van der Waals surface area contributed by atoms with Gasteiger partial charge in [0, 0.05) is 31.8 Å². The average molecular weight is 362 g/mol. The Morgan fingerprint density at radius 3 is 2.08 bits per heavy atom. The minimum atomic E-state index is -1.41. The molecule has 0 saturated heterocycles. The Morgan fingerprint density at radius 1 is 1.21 bits per heavy atom. The van der Waals surface area contributed by atoms with E-state index in [1.54, 1.807) is 0 Å². The van der Waals surface area contributed by atoms with Crippen LogP contribution in [0.2, 0.25) is 0 Å². The summed E-state index contributed by atoms with van der Waals surface area (Å²) in [6.07, 6.45) is 0. The molecule has 0 aliphatic rings. The molecule has 1 atom stereocenters. The zero-order chi connectivity index (χ0) is 17.1. The van der Waals surface area contributed by atoms with Crippen LogP contribution in [0.5, 0.6) is 0 Å². The van der Waals surface area contributed by atoms with Crippen LogP contribution in [0.1, 0.15) is 6.92 Å². The van der Waals surface area contributed by atoms with Gasteiger partial charge in [-0.1, -0.05) is 6.58 Å². The molecule has 0 fully saturated rings. The van der Waals surface area contributed by atoms with Crippen LogP contribution in [0.15, 0.2) is 12.2 Å². The summed E-state index contributed by atoms with van der Waals surface area (Å²) in [5, 5.41) is 32.9. The summed E-state index contributed by atoms with van der Waals surface area (Å²) in [7, 11) is 0. The summed E-state index contributed by atoms with van der Waals surface area (Å²) in [6.45, 7) is 3.64. The van der Waals surface area contributed by atoms with E-state index in [0.717, 1.165) is 4.90 Å². The molecule has 0 rings (SSSR count). The Balaban J connectivity index is -0.00000220. The molecule has 0 aromatic rings. The number of hydrogen-bond acceptors (Lipinski definition) is 9. The molecule has 0 aliphatic carbocycles. The number of nitrogens with one attached hydrogen (secondary N) is 1. The number of carboxylic acids is 2. The van der Waals surface area contributed by atoms with Crippen LogP contribution >= 0.6 is 0 Å². The van der Waals surface area contributed by atoms with Gasteiger partial charge < -0.3 is 35.0 Å². The minimum absolute atomic E-state index is 0. The predicted molar refractivity (Wildman–Crippen MR) is 71.1 cm³/mol. The van der Waals surface area contributed by atoms with Crippen molar-refractivity contribution < 1.29 is 93.6 Å². The number of carboxylic acid groups (broad SMARTS) is 2. The number of rotatable bonds is 12. The van der Waals surface area contributed by atoms with Crippen molar-refractivity contribution in [2.24, 2.45) is 0 Å². The van der Waals surface area contributed by atoms with Crippen LogP contribution in [0.25, 0.3) is 0 Å². The molecule has 0 amide bonds. The molecule has 0 spiro atoms. The van der Waals surface area contributed by atoms with Crippen molar-refractivity contribution >= 4 is 17.9 Å². The van der Waals surface area contributed by atoms with E-state index in [2.05, 4.69) is 11.9 Å². The van der Waals surface area contributed by atoms with Gasteiger partial charge >= 0.3 is 65.1 Å². The second kappa shape index (κ2) is 16.5. The molecule has 2 N–H and O–H groups in total. The molecule has 0 aromatic carbocycles. The third kappa shape index (κ3) is 15.6. The summed E-state index contributed by atoms with van der Waals surface area (Å²) >= 11 is 0. The summed E-state index contributed by atoms with van der Waals surface area (Å²) < 4.78 is 4.86. The van der Waals surface area contributed by atoms with Crippen molar-refractivity contribution in [3.05, 3.63) is 12.2 Å². The van der Waals surface area contributed by atoms with Gasteiger partial charge in [-0.05, 0) is 6.92 Å². The first kappa shape index (κ1) is 28.8. The molecule has 11 heteroatoms. The third-order valence-electron chi connectivity index (χ3n) is 2.55. The predicted octanol–water partition coefficient (Wildman–Crippen LogP) is -10.1. The Labute approximate surface area is 185 Å². The first-order valence-corrected chi connectivity index (χ1v) is 6.55. The molecule has 1 unspecified atom stereocenters. The Bertz CT molecular complexity index is 405. The van der Waals surface area contributed by atoms with Crippen molar-refractivity contribution in [3.8, 4) is 0 Å². The fraction of sp³-hybridized carbons (Fsp3) is 0.615. The smallest absolute Gasteiger partial charge is 0.549 e. The number of ether oxygens (including phenoxy) is 1. The number of aliphatic carboxylic acids is 2. The first-order chi connectivity index (χ1) is 10.3. The number of carbonyl (C=O) groups excluding carboxylic acids is 3. The van der Waals surface area contributed by atoms with Gasteiger partial charge in [0.05, 0.1) is 24.6 Å². The van der Waals surface area contributed by atoms with E-state index < -0.39 is 37.0 Å². The molecule has 0 aromatic heterocycles. The minimum Gasteiger partial charge on any atom is -0.549 e. The number of hydrogen-bond donors (Lipinski definition) is 2. The van der Waals surface area contributed by atoms with E-state index in [0.29, 0.717) is 0 Å². The largest absolute Gasteiger partial charge is 1.00 e. The molecule has 9 nitrogen and oxygen atoms in total. The number of carbonyl (C=O) groups is 3. The quantitative estimate of drug-likeness (QED) is 0.197. The van der Waals surface area contributed by atoms with Crippen molar-refractivity contribution in [2.75, 3.05) is 39.4 Å². The number of esters is 1. The molecule has 0 radical (unpaired) electrons. The van der Waals surface area contributed by atoms with E-state index in [9.17, 15) is 24.6 Å². The van der Waals surface area contributed by atoms with Gasteiger partial charge in [-0.2, -0.15) is 0 Å². The van der Waals surface area contributed by atoms with Crippen molar-refractivity contribution in [1.29, 1.82) is 0 Å². The maximum Gasteiger partial charge on any atom is 1.00 e. The second-order valence-electron chi connectivity index (χ2n) is 4.67. The van der Waals surface area contributed by atoms with E-state index in [1.807, 2.05) is 0 Å². The Kier molecular flexibility index (Phi) is 19.8. The van der Waals surface area contributed by atoms with Gasteiger partial charge in [0.25, 0.3) is 0 Å². The van der Waals surface area contributed by atoms with Gasteiger partial charge in [0.2, 0.25) is 0 Å². The van der Waals surface area contributed by atoms with Gasteiger partial charge in [-0.25, -0.2) is 4.79 Å². The summed E-state index contributed by atoms with van der Waals surface area (Å²) in [4.78, 5) is 33.3. The van der Waals surface area contributed by atoms with E-state index >= 15 is 0 Å². The molecule has 24 heavy (non-hydrogen) atoms. The SMILES string of the molecule is C=C(C)C(=O)OCC(CO)NCCN(CC(=O)[O-])CC(=O)[O-].[Na+].[Na+]. The maximum atomic E-state index is 11.2. The van der Waals surface area contributed by atoms with Crippen LogP contribution in [-0.4, -0.2) is 73.3 Å². The topological polar surface area (TPSA) is 142 Å². The van der Waals surface area contributed by atoms with E-state index in [-0.39, 0.29) is 91.0 Å². The van der Waals surface area contributed by atoms with Crippen molar-refractivity contribution in [3.63, 3.8) is 0 Å². The Hall–Kier alpha value is 0.0300. The molecule has 126 valence electrons. The normalized spacial score (nSPS) is 11.0. The average Bonchev–Trinajstić information content (AvgIpc) is 2.40. The van der Waals surface area contributed by atoms with Crippen LogP contribution in [0, 0.1) is 0 Å². The van der Waals surface area contributed by atoms with E-state index in [4.69, 9.17) is 9.84 Å². The molecular formula is C13H20N2Na2O7. The van der Waals surface area contributed by atoms with Crippen molar-refractivity contribution in [1.82, 2.24) is 10.2 Å².